The van der Waals surface area contributed by atoms with Gasteiger partial charge in [-0.1, -0.05) is 66.7 Å². The number of ether oxygens (including phenoxy) is 2. The predicted molar refractivity (Wildman–Crippen MR) is 154 cm³/mol. The van der Waals surface area contributed by atoms with E-state index in [1.54, 1.807) is 0 Å². The highest BCUT2D eigenvalue weighted by atomic mass is 19.4. The van der Waals surface area contributed by atoms with Crippen LogP contribution in [-0.2, 0) is 25.8 Å². The molecule has 42 heavy (non-hydrogen) atoms. The van der Waals surface area contributed by atoms with E-state index >= 15 is 0 Å². The molecule has 6 nitrogen and oxygen atoms in total. The maximum absolute atomic E-state index is 14.5. The SMILES string of the molecule is COc1ccc(-c2c(C(F)(F)F)oc3c(CN(Cc4ccccc4)Cc4ccccc4)c(O)ccc3c2=O)cc1OC. The monoisotopic (exact) mass is 575 g/mol. The minimum Gasteiger partial charge on any atom is -0.507 e. The first-order valence-corrected chi connectivity index (χ1v) is 13.1. The molecule has 0 amide bonds. The van der Waals surface area contributed by atoms with E-state index in [1.165, 1.54) is 44.6 Å². The Morgan fingerprint density at radius 3 is 1.93 bits per heavy atom. The van der Waals surface area contributed by atoms with Gasteiger partial charge in [-0.3, -0.25) is 9.69 Å². The molecule has 0 saturated heterocycles. The number of phenols is 1. The topological polar surface area (TPSA) is 72.1 Å². The van der Waals surface area contributed by atoms with E-state index in [4.69, 9.17) is 13.9 Å². The Kier molecular flexibility index (Phi) is 8.22. The van der Waals surface area contributed by atoms with Crippen LogP contribution in [0.4, 0.5) is 13.2 Å². The molecule has 5 aromatic rings. The number of aromatic hydroxyl groups is 1. The molecule has 1 aromatic heterocycles. The number of phenolic OH excluding ortho intramolecular Hbond substituents is 1. The smallest absolute Gasteiger partial charge is 0.450 e. The third-order valence-corrected chi connectivity index (χ3v) is 6.95. The van der Waals surface area contributed by atoms with Crippen LogP contribution < -0.4 is 14.9 Å². The molecule has 0 aliphatic carbocycles. The van der Waals surface area contributed by atoms with E-state index < -0.39 is 22.9 Å². The van der Waals surface area contributed by atoms with Crippen molar-refractivity contribution in [2.24, 2.45) is 0 Å². The minimum atomic E-state index is -5.01. The molecule has 9 heteroatoms. The molecule has 0 aliphatic rings. The second-order valence-electron chi connectivity index (χ2n) is 9.76. The fourth-order valence-corrected chi connectivity index (χ4v) is 4.98. The van der Waals surface area contributed by atoms with Crippen molar-refractivity contribution in [2.45, 2.75) is 25.8 Å². The Balaban J connectivity index is 1.67. The normalized spacial score (nSPS) is 11.7. The van der Waals surface area contributed by atoms with Crippen molar-refractivity contribution >= 4 is 11.0 Å². The molecule has 216 valence electrons. The maximum atomic E-state index is 14.5. The van der Waals surface area contributed by atoms with Gasteiger partial charge in [-0.25, -0.2) is 0 Å². The molecular formula is C33H28F3NO5. The molecule has 4 aromatic carbocycles. The zero-order chi connectivity index (χ0) is 29.9. The van der Waals surface area contributed by atoms with Gasteiger partial charge in [-0.05, 0) is 41.0 Å². The molecule has 5 rings (SSSR count). The first kappa shape index (κ1) is 28.8. The van der Waals surface area contributed by atoms with Crippen LogP contribution in [0.1, 0.15) is 22.5 Å². The van der Waals surface area contributed by atoms with Gasteiger partial charge < -0.3 is 19.0 Å². The zero-order valence-electron chi connectivity index (χ0n) is 22.9. The lowest BCUT2D eigenvalue weighted by Gasteiger charge is -2.24. The number of methoxy groups -OCH3 is 2. The highest BCUT2D eigenvalue weighted by molar-refractivity contribution is 5.87. The first-order valence-electron chi connectivity index (χ1n) is 13.1. The summed E-state index contributed by atoms with van der Waals surface area (Å²) in [7, 11) is 2.75. The van der Waals surface area contributed by atoms with Crippen LogP contribution in [0.5, 0.6) is 17.2 Å². The van der Waals surface area contributed by atoms with Crippen LogP contribution in [0.25, 0.3) is 22.1 Å². The van der Waals surface area contributed by atoms with Gasteiger partial charge in [0, 0.05) is 19.6 Å². The van der Waals surface area contributed by atoms with Crippen LogP contribution in [-0.4, -0.2) is 24.2 Å². The lowest BCUT2D eigenvalue weighted by molar-refractivity contribution is -0.152. The number of hydrogen-bond acceptors (Lipinski definition) is 6. The number of alkyl halides is 3. The lowest BCUT2D eigenvalue weighted by Crippen LogP contribution is -2.23. The molecule has 1 N–H and O–H groups in total. The van der Waals surface area contributed by atoms with Gasteiger partial charge in [0.2, 0.25) is 11.2 Å². The summed E-state index contributed by atoms with van der Waals surface area (Å²) >= 11 is 0. The third-order valence-electron chi connectivity index (χ3n) is 6.95. The van der Waals surface area contributed by atoms with Gasteiger partial charge in [0.05, 0.1) is 30.7 Å². The molecule has 0 radical (unpaired) electrons. The van der Waals surface area contributed by atoms with E-state index in [1.807, 2.05) is 65.6 Å². The van der Waals surface area contributed by atoms with Crippen LogP contribution in [0, 0.1) is 0 Å². The number of benzene rings is 4. The lowest BCUT2D eigenvalue weighted by atomic mass is 9.99. The summed E-state index contributed by atoms with van der Waals surface area (Å²) in [5, 5.41) is 10.8. The predicted octanol–water partition coefficient (Wildman–Crippen LogP) is 7.40. The Morgan fingerprint density at radius 2 is 1.38 bits per heavy atom. The fourth-order valence-electron chi connectivity index (χ4n) is 4.98. The highest BCUT2D eigenvalue weighted by Crippen LogP contribution is 2.41. The van der Waals surface area contributed by atoms with Crippen LogP contribution >= 0.6 is 0 Å². The first-order chi connectivity index (χ1) is 20.2. The van der Waals surface area contributed by atoms with Gasteiger partial charge in [0.15, 0.2) is 11.5 Å². The molecule has 1 heterocycles. The largest absolute Gasteiger partial charge is 0.507 e. The summed E-state index contributed by atoms with van der Waals surface area (Å²) in [5.41, 5.74) is 0.138. The highest BCUT2D eigenvalue weighted by Gasteiger charge is 2.40. The molecule has 0 saturated carbocycles. The molecule has 0 spiro atoms. The van der Waals surface area contributed by atoms with Gasteiger partial charge in [0.1, 0.15) is 11.3 Å². The van der Waals surface area contributed by atoms with Crippen LogP contribution in [0.2, 0.25) is 0 Å². The number of halogens is 3. The van der Waals surface area contributed by atoms with Crippen molar-refractivity contribution in [3.8, 4) is 28.4 Å². The van der Waals surface area contributed by atoms with Gasteiger partial charge in [0.25, 0.3) is 0 Å². The molecule has 0 unspecified atom stereocenters. The van der Waals surface area contributed by atoms with E-state index in [0.29, 0.717) is 18.8 Å². The van der Waals surface area contributed by atoms with Gasteiger partial charge in [-0.15, -0.1) is 0 Å². The molecule has 0 bridgehead atoms. The van der Waals surface area contributed by atoms with Gasteiger partial charge in [-0.2, -0.15) is 13.2 Å². The summed E-state index contributed by atoms with van der Waals surface area (Å²) in [5.74, 6) is -1.28. The molecular weight excluding hydrogens is 547 g/mol. The van der Waals surface area contributed by atoms with E-state index in [9.17, 15) is 23.1 Å². The maximum Gasteiger partial charge on any atom is 0.450 e. The van der Waals surface area contributed by atoms with Crippen molar-refractivity contribution in [1.29, 1.82) is 0 Å². The third kappa shape index (κ3) is 5.96. The Bertz CT molecular complexity index is 1710. The number of hydrogen-bond donors (Lipinski definition) is 1. The molecule has 0 aliphatic heterocycles. The summed E-state index contributed by atoms with van der Waals surface area (Å²) in [6, 6.07) is 25.8. The Hall–Kier alpha value is -4.76. The average Bonchev–Trinajstić information content (AvgIpc) is 2.98. The number of fused-ring (bicyclic) bond motifs is 1. The van der Waals surface area contributed by atoms with Crippen molar-refractivity contribution in [3.05, 3.63) is 124 Å². The van der Waals surface area contributed by atoms with Crippen LogP contribution in [0.3, 0.4) is 0 Å². The Morgan fingerprint density at radius 1 is 0.786 bits per heavy atom. The van der Waals surface area contributed by atoms with E-state index in [0.717, 1.165) is 11.1 Å². The summed E-state index contributed by atoms with van der Waals surface area (Å²) in [4.78, 5) is 15.7. The second kappa shape index (κ2) is 12.0. The average molecular weight is 576 g/mol. The van der Waals surface area contributed by atoms with Crippen molar-refractivity contribution in [2.75, 3.05) is 14.2 Å². The molecule has 0 atom stereocenters. The summed E-state index contributed by atoms with van der Waals surface area (Å²) in [6.45, 7) is 0.889. The fraction of sp³-hybridized carbons (Fsp3) is 0.182. The van der Waals surface area contributed by atoms with Crippen LogP contribution in [0.15, 0.2) is 100 Å². The summed E-state index contributed by atoms with van der Waals surface area (Å²) in [6.07, 6.45) is -5.01. The standard InChI is InChI=1S/C33H28F3NO5/c1-40-27-16-13-23(17-28(27)41-2)29-30(39)24-14-15-26(38)25(31(24)42-32(29)33(34,35)36)20-37(18-21-9-5-3-6-10-21)19-22-11-7-4-8-12-22/h3-17,38H,18-20H2,1-2H3. The molecule has 0 fully saturated rings. The minimum absolute atomic E-state index is 0.0168. The van der Waals surface area contributed by atoms with Crippen molar-refractivity contribution < 1.29 is 32.2 Å². The van der Waals surface area contributed by atoms with E-state index in [2.05, 4.69) is 0 Å². The van der Waals surface area contributed by atoms with Crippen molar-refractivity contribution in [1.82, 2.24) is 4.90 Å². The second-order valence-corrected chi connectivity index (χ2v) is 9.76. The Labute approximate surface area is 240 Å². The van der Waals surface area contributed by atoms with E-state index in [-0.39, 0.29) is 40.1 Å². The quantitative estimate of drug-likeness (QED) is 0.197. The van der Waals surface area contributed by atoms with Gasteiger partial charge >= 0.3 is 6.18 Å². The summed E-state index contributed by atoms with van der Waals surface area (Å²) < 4.78 is 59.4. The number of rotatable bonds is 9. The number of nitrogens with zero attached hydrogens (tertiary/aromatic N) is 1. The zero-order valence-corrected chi connectivity index (χ0v) is 22.9. The van der Waals surface area contributed by atoms with Crippen molar-refractivity contribution in [3.63, 3.8) is 0 Å².